The van der Waals surface area contributed by atoms with E-state index in [2.05, 4.69) is 16.4 Å². The van der Waals surface area contributed by atoms with E-state index in [9.17, 15) is 9.90 Å². The maximum absolute atomic E-state index is 13.4. The zero-order valence-corrected chi connectivity index (χ0v) is 17.8. The predicted molar refractivity (Wildman–Crippen MR) is 119 cm³/mol. The second-order valence-corrected chi connectivity index (χ2v) is 9.29. The predicted octanol–water partition coefficient (Wildman–Crippen LogP) is 3.94. The van der Waals surface area contributed by atoms with Crippen molar-refractivity contribution in [3.63, 3.8) is 0 Å². The van der Waals surface area contributed by atoms with Crippen molar-refractivity contribution in [1.82, 2.24) is 15.2 Å². The Kier molecular flexibility index (Phi) is 5.21. The molecule has 1 aromatic carbocycles. The third-order valence-corrected chi connectivity index (χ3v) is 7.69. The number of thiazole rings is 1. The normalized spacial score (nSPS) is 28.4. The third-order valence-electron chi connectivity index (χ3n) is 6.80. The number of carbonyl (C=O) groups excluding carboxylic acids is 1. The van der Waals surface area contributed by atoms with Crippen LogP contribution >= 0.6 is 11.3 Å². The van der Waals surface area contributed by atoms with Crippen LogP contribution in [0.5, 0.6) is 0 Å². The summed E-state index contributed by atoms with van der Waals surface area (Å²) in [5.41, 5.74) is 1.71. The summed E-state index contributed by atoms with van der Waals surface area (Å²) < 4.78 is 0. The summed E-state index contributed by atoms with van der Waals surface area (Å²) in [6, 6.07) is 10.1. The zero-order chi connectivity index (χ0) is 20.6. The first kappa shape index (κ1) is 19.5. The van der Waals surface area contributed by atoms with Gasteiger partial charge in [0.05, 0.1) is 5.60 Å². The Bertz CT molecular complexity index is 983. The van der Waals surface area contributed by atoms with Crippen molar-refractivity contribution in [3.8, 4) is 0 Å². The van der Waals surface area contributed by atoms with E-state index >= 15 is 0 Å². The molecule has 5 rings (SSSR count). The Labute approximate surface area is 181 Å². The zero-order valence-electron chi connectivity index (χ0n) is 17.0. The largest absolute Gasteiger partial charge is 0.387 e. The van der Waals surface area contributed by atoms with Crippen LogP contribution < -0.4 is 5.32 Å². The van der Waals surface area contributed by atoms with Crippen LogP contribution in [0.3, 0.4) is 0 Å². The SMILES string of the molecule is O=C(c1csc(C2=CCNC=C2)n1)N1CCC(O)(c2ccccc2)[C@H]2CCCC[C@@H]21. The second kappa shape index (κ2) is 8.00. The Balaban J connectivity index is 1.41. The van der Waals surface area contributed by atoms with Gasteiger partial charge in [0.1, 0.15) is 10.7 Å². The van der Waals surface area contributed by atoms with E-state index in [0.717, 1.165) is 48.4 Å². The van der Waals surface area contributed by atoms with Crippen LogP contribution in [0, 0.1) is 5.92 Å². The molecule has 1 saturated carbocycles. The van der Waals surface area contributed by atoms with E-state index in [0.29, 0.717) is 18.7 Å². The summed E-state index contributed by atoms with van der Waals surface area (Å²) in [5, 5.41) is 17.6. The van der Waals surface area contributed by atoms with Gasteiger partial charge in [-0.3, -0.25) is 4.79 Å². The van der Waals surface area contributed by atoms with Gasteiger partial charge in [0, 0.05) is 36.0 Å². The number of aromatic nitrogens is 1. The fraction of sp³-hybridized carbons (Fsp3) is 0.417. The smallest absolute Gasteiger partial charge is 0.273 e. The molecule has 2 aliphatic heterocycles. The number of nitrogens with zero attached hydrogens (tertiary/aromatic N) is 2. The summed E-state index contributed by atoms with van der Waals surface area (Å²) in [6.45, 7) is 1.34. The van der Waals surface area contributed by atoms with Crippen LogP contribution in [0.1, 0.15) is 53.2 Å². The average molecular weight is 422 g/mol. The van der Waals surface area contributed by atoms with E-state index in [-0.39, 0.29) is 17.9 Å². The molecule has 2 aromatic rings. The molecule has 2 fully saturated rings. The van der Waals surface area contributed by atoms with E-state index in [1.54, 1.807) is 0 Å². The summed E-state index contributed by atoms with van der Waals surface area (Å²) in [4.78, 5) is 20.1. The first-order valence-electron chi connectivity index (χ1n) is 10.8. The monoisotopic (exact) mass is 421 g/mol. The van der Waals surface area contributed by atoms with Gasteiger partial charge in [-0.25, -0.2) is 4.98 Å². The number of hydrogen-bond acceptors (Lipinski definition) is 5. The van der Waals surface area contributed by atoms with Gasteiger partial charge >= 0.3 is 0 Å². The van der Waals surface area contributed by atoms with Crippen LogP contribution in [0.15, 0.2) is 54.1 Å². The summed E-state index contributed by atoms with van der Waals surface area (Å²) in [5.74, 6) is 0.0718. The molecule has 1 saturated heterocycles. The van der Waals surface area contributed by atoms with Crippen LogP contribution in [-0.2, 0) is 5.60 Å². The van der Waals surface area contributed by atoms with Crippen molar-refractivity contribution in [3.05, 3.63) is 70.3 Å². The quantitative estimate of drug-likeness (QED) is 0.788. The van der Waals surface area contributed by atoms with E-state index in [4.69, 9.17) is 0 Å². The number of dihydropyridines is 1. The van der Waals surface area contributed by atoms with Crippen molar-refractivity contribution < 1.29 is 9.90 Å². The third kappa shape index (κ3) is 3.38. The summed E-state index contributed by atoms with van der Waals surface area (Å²) >= 11 is 1.52. The van der Waals surface area contributed by atoms with Crippen molar-refractivity contribution in [1.29, 1.82) is 0 Å². The number of benzene rings is 1. The molecular weight excluding hydrogens is 394 g/mol. The van der Waals surface area contributed by atoms with Gasteiger partial charge in [-0.15, -0.1) is 11.3 Å². The van der Waals surface area contributed by atoms with E-state index < -0.39 is 5.60 Å². The standard InChI is InChI=1S/C24H27N3O2S/c28-23(20-16-30-22(26-20)17-10-13-25-14-11-17)27-15-12-24(29,18-6-2-1-3-7-18)19-8-4-5-9-21(19)27/h1-3,6-7,10-11,13,16,19,21,25,29H,4-5,8-9,12,14-15H2/t19-,21-,24?/m0/s1. The second-order valence-electron chi connectivity index (χ2n) is 8.44. The first-order valence-corrected chi connectivity index (χ1v) is 11.7. The van der Waals surface area contributed by atoms with Gasteiger partial charge in [0.2, 0.25) is 0 Å². The van der Waals surface area contributed by atoms with Crippen molar-refractivity contribution >= 4 is 22.8 Å². The molecular formula is C24H27N3O2S. The lowest BCUT2D eigenvalue weighted by molar-refractivity contribution is -0.110. The number of likely N-dealkylation sites (tertiary alicyclic amines) is 1. The molecule has 5 nitrogen and oxygen atoms in total. The van der Waals surface area contributed by atoms with Crippen LogP contribution in [0.2, 0.25) is 0 Å². The van der Waals surface area contributed by atoms with Gasteiger partial charge in [-0.05, 0) is 37.1 Å². The summed E-state index contributed by atoms with van der Waals surface area (Å²) in [7, 11) is 0. The minimum absolute atomic E-state index is 0.00280. The molecule has 3 aliphatic rings. The lowest BCUT2D eigenvalue weighted by atomic mass is 9.66. The highest BCUT2D eigenvalue weighted by Crippen LogP contribution is 2.47. The highest BCUT2D eigenvalue weighted by molar-refractivity contribution is 7.11. The molecule has 0 spiro atoms. The molecule has 3 atom stereocenters. The van der Waals surface area contributed by atoms with E-state index in [1.807, 2.05) is 52.9 Å². The number of hydrogen-bond donors (Lipinski definition) is 2. The number of allylic oxidation sites excluding steroid dienone is 2. The minimum atomic E-state index is -0.860. The van der Waals surface area contributed by atoms with Crippen LogP contribution in [-0.4, -0.2) is 40.0 Å². The van der Waals surface area contributed by atoms with Gasteiger partial charge in [-0.2, -0.15) is 0 Å². The molecule has 0 radical (unpaired) electrons. The maximum Gasteiger partial charge on any atom is 0.273 e. The Hall–Kier alpha value is -2.44. The molecule has 1 unspecified atom stereocenters. The molecule has 1 aliphatic carbocycles. The van der Waals surface area contributed by atoms with Crippen molar-refractivity contribution in [2.45, 2.75) is 43.7 Å². The molecule has 3 heterocycles. The van der Waals surface area contributed by atoms with Crippen LogP contribution in [0.4, 0.5) is 0 Å². The number of aliphatic hydroxyl groups is 1. The lowest BCUT2D eigenvalue weighted by Gasteiger charge is -2.52. The minimum Gasteiger partial charge on any atom is -0.387 e. The summed E-state index contributed by atoms with van der Waals surface area (Å²) in [6.07, 6.45) is 10.7. The number of piperidine rings is 1. The Morgan fingerprint density at radius 1 is 1.23 bits per heavy atom. The molecule has 1 aromatic heterocycles. The number of nitrogens with one attached hydrogen (secondary N) is 1. The Morgan fingerprint density at radius 3 is 2.87 bits per heavy atom. The molecule has 156 valence electrons. The fourth-order valence-electron chi connectivity index (χ4n) is 5.28. The topological polar surface area (TPSA) is 65.5 Å². The molecule has 1 amide bonds. The van der Waals surface area contributed by atoms with Gasteiger partial charge < -0.3 is 15.3 Å². The van der Waals surface area contributed by atoms with E-state index in [1.165, 1.54) is 11.3 Å². The average Bonchev–Trinajstić information content (AvgIpc) is 3.31. The number of fused-ring (bicyclic) bond motifs is 1. The van der Waals surface area contributed by atoms with Crippen LogP contribution in [0.25, 0.3) is 5.57 Å². The number of carbonyl (C=O) groups is 1. The van der Waals surface area contributed by atoms with Crippen molar-refractivity contribution in [2.24, 2.45) is 5.92 Å². The number of amides is 1. The fourth-order valence-corrected chi connectivity index (χ4v) is 6.10. The molecule has 6 heteroatoms. The lowest BCUT2D eigenvalue weighted by Crippen LogP contribution is -2.59. The number of rotatable bonds is 3. The molecule has 30 heavy (non-hydrogen) atoms. The maximum atomic E-state index is 13.4. The first-order chi connectivity index (χ1) is 14.7. The molecule has 0 bridgehead atoms. The molecule has 2 N–H and O–H groups in total. The Morgan fingerprint density at radius 2 is 2.07 bits per heavy atom. The highest BCUT2D eigenvalue weighted by atomic mass is 32.1. The van der Waals surface area contributed by atoms with Gasteiger partial charge in [0.15, 0.2) is 0 Å². The van der Waals surface area contributed by atoms with Gasteiger partial charge in [-0.1, -0.05) is 49.2 Å². The van der Waals surface area contributed by atoms with Crippen molar-refractivity contribution in [2.75, 3.05) is 13.1 Å². The van der Waals surface area contributed by atoms with Gasteiger partial charge in [0.25, 0.3) is 5.91 Å². The highest BCUT2D eigenvalue weighted by Gasteiger charge is 2.50.